The number of hydrogen-bond acceptors (Lipinski definition) is 6. The molecule has 0 unspecified atom stereocenters. The Kier molecular flexibility index (Phi) is 5.30. The zero-order chi connectivity index (χ0) is 20.4. The van der Waals surface area contributed by atoms with E-state index in [4.69, 9.17) is 0 Å². The van der Waals surface area contributed by atoms with Gasteiger partial charge in [-0.3, -0.25) is 9.59 Å². The average Bonchev–Trinajstić information content (AvgIpc) is 3.14. The van der Waals surface area contributed by atoms with E-state index in [1.807, 2.05) is 55.1 Å². The maximum atomic E-state index is 12.7. The highest BCUT2D eigenvalue weighted by Crippen LogP contribution is 2.39. The predicted molar refractivity (Wildman–Crippen MR) is 108 cm³/mol. The van der Waals surface area contributed by atoms with Crippen LogP contribution in [0.3, 0.4) is 0 Å². The highest BCUT2D eigenvalue weighted by Gasteiger charge is 2.36. The number of carbonyl (C=O) groups is 3. The second-order valence-electron chi connectivity index (χ2n) is 6.57. The Hall–Kier alpha value is -3.42. The molecule has 0 radical (unpaired) electrons. The minimum atomic E-state index is -0.635. The van der Waals surface area contributed by atoms with Crippen molar-refractivity contribution >= 4 is 34.8 Å². The number of nitrogens with one attached hydrogen (secondary N) is 1. The number of amides is 3. The van der Waals surface area contributed by atoms with Crippen LogP contribution in [-0.4, -0.2) is 49.1 Å². The Morgan fingerprint density at radius 3 is 2.25 bits per heavy atom. The van der Waals surface area contributed by atoms with Gasteiger partial charge in [-0.25, -0.2) is 4.79 Å². The zero-order valence-electron chi connectivity index (χ0n) is 16.4. The number of hydrazone groups is 1. The number of anilines is 2. The minimum absolute atomic E-state index is 0.0192. The van der Waals surface area contributed by atoms with Gasteiger partial charge in [0.25, 0.3) is 5.91 Å². The van der Waals surface area contributed by atoms with Gasteiger partial charge in [-0.1, -0.05) is 19.1 Å². The van der Waals surface area contributed by atoms with Gasteiger partial charge < -0.3 is 15.1 Å². The number of imide groups is 1. The molecule has 2 aliphatic rings. The maximum absolute atomic E-state index is 12.7. The van der Waals surface area contributed by atoms with Crippen LogP contribution < -0.4 is 15.1 Å². The first-order valence-corrected chi connectivity index (χ1v) is 9.07. The fourth-order valence-corrected chi connectivity index (χ4v) is 3.15. The Balaban J connectivity index is 1.92. The van der Waals surface area contributed by atoms with E-state index in [0.29, 0.717) is 11.6 Å². The second kappa shape index (κ2) is 7.67. The van der Waals surface area contributed by atoms with E-state index in [1.165, 1.54) is 6.92 Å². The SMILES string of the molecule is CCCNC(=O)N1N=C(C(C)=O)/C(=C\C=C2N(C)c3ccccc3N2C)C1=O. The molecular formula is C20H23N5O3. The molecule has 8 heteroatoms. The van der Waals surface area contributed by atoms with Crippen LogP contribution in [0, 0.1) is 0 Å². The molecule has 0 atom stereocenters. The topological polar surface area (TPSA) is 85.3 Å². The minimum Gasteiger partial charge on any atom is -0.336 e. The molecule has 3 amide bonds. The van der Waals surface area contributed by atoms with Crippen LogP contribution in [-0.2, 0) is 9.59 Å². The van der Waals surface area contributed by atoms with Crippen molar-refractivity contribution in [3.05, 3.63) is 47.8 Å². The van der Waals surface area contributed by atoms with E-state index in [9.17, 15) is 14.4 Å². The Morgan fingerprint density at radius 1 is 1.11 bits per heavy atom. The highest BCUT2D eigenvalue weighted by molar-refractivity contribution is 6.53. The summed E-state index contributed by atoms with van der Waals surface area (Å²) in [4.78, 5) is 40.8. The number of nitrogens with zero attached hydrogens (tertiary/aromatic N) is 4. The normalized spacial score (nSPS) is 17.2. The lowest BCUT2D eigenvalue weighted by molar-refractivity contribution is -0.123. The Bertz CT molecular complexity index is 901. The third kappa shape index (κ3) is 3.28. The van der Waals surface area contributed by atoms with Gasteiger partial charge in [0.05, 0.1) is 16.9 Å². The lowest BCUT2D eigenvalue weighted by atomic mass is 10.1. The van der Waals surface area contributed by atoms with Gasteiger partial charge >= 0.3 is 6.03 Å². The Morgan fingerprint density at radius 2 is 1.71 bits per heavy atom. The van der Waals surface area contributed by atoms with Crippen molar-refractivity contribution < 1.29 is 14.4 Å². The molecule has 0 spiro atoms. The molecule has 0 aliphatic carbocycles. The summed E-state index contributed by atoms with van der Waals surface area (Å²) in [5.74, 6) is -0.157. The Labute approximate surface area is 163 Å². The van der Waals surface area contributed by atoms with E-state index < -0.39 is 11.9 Å². The summed E-state index contributed by atoms with van der Waals surface area (Å²) in [6, 6.07) is 7.28. The molecule has 146 valence electrons. The first-order valence-electron chi connectivity index (χ1n) is 9.07. The molecule has 0 saturated heterocycles. The summed E-state index contributed by atoms with van der Waals surface area (Å²) in [5, 5.41) is 7.25. The van der Waals surface area contributed by atoms with E-state index in [-0.39, 0.29) is 17.1 Å². The van der Waals surface area contributed by atoms with Crippen molar-refractivity contribution in [3.8, 4) is 0 Å². The van der Waals surface area contributed by atoms with Gasteiger partial charge in [-0.2, -0.15) is 5.10 Å². The summed E-state index contributed by atoms with van der Waals surface area (Å²) >= 11 is 0. The number of rotatable bonds is 4. The number of ketones is 1. The third-order valence-corrected chi connectivity index (χ3v) is 4.62. The van der Waals surface area contributed by atoms with Crippen molar-refractivity contribution in [3.63, 3.8) is 0 Å². The quantitative estimate of drug-likeness (QED) is 0.809. The molecule has 2 aliphatic heterocycles. The molecule has 8 nitrogen and oxygen atoms in total. The molecule has 0 bridgehead atoms. The third-order valence-electron chi connectivity index (χ3n) is 4.62. The smallest absolute Gasteiger partial charge is 0.336 e. The van der Waals surface area contributed by atoms with Gasteiger partial charge in [-0.05, 0) is 30.7 Å². The second-order valence-corrected chi connectivity index (χ2v) is 6.57. The summed E-state index contributed by atoms with van der Waals surface area (Å²) < 4.78 is 0. The molecule has 0 aromatic heterocycles. The van der Waals surface area contributed by atoms with Crippen LogP contribution in [0.5, 0.6) is 0 Å². The van der Waals surface area contributed by atoms with E-state index >= 15 is 0 Å². The van der Waals surface area contributed by atoms with Crippen molar-refractivity contribution in [1.82, 2.24) is 10.3 Å². The molecule has 28 heavy (non-hydrogen) atoms. The van der Waals surface area contributed by atoms with E-state index in [0.717, 1.165) is 23.6 Å². The van der Waals surface area contributed by atoms with Gasteiger partial charge in [-0.15, -0.1) is 5.01 Å². The number of fused-ring (bicyclic) bond motifs is 1. The zero-order valence-corrected chi connectivity index (χ0v) is 16.4. The molecule has 1 N–H and O–H groups in total. The predicted octanol–water partition coefficient (Wildman–Crippen LogP) is 2.25. The van der Waals surface area contributed by atoms with Crippen LogP contribution >= 0.6 is 0 Å². The van der Waals surface area contributed by atoms with Gasteiger partial charge in [0.15, 0.2) is 5.78 Å². The van der Waals surface area contributed by atoms with Crippen molar-refractivity contribution in [1.29, 1.82) is 0 Å². The summed E-state index contributed by atoms with van der Waals surface area (Å²) in [6.45, 7) is 3.65. The molecule has 0 saturated carbocycles. The number of para-hydroxylation sites is 2. The van der Waals surface area contributed by atoms with Crippen molar-refractivity contribution in [2.75, 3.05) is 30.4 Å². The van der Waals surface area contributed by atoms with Crippen LogP contribution in [0.1, 0.15) is 20.3 Å². The lowest BCUT2D eigenvalue weighted by Gasteiger charge is -2.17. The largest absolute Gasteiger partial charge is 0.345 e. The summed E-state index contributed by atoms with van der Waals surface area (Å²) in [5.41, 5.74) is 2.15. The maximum Gasteiger partial charge on any atom is 0.345 e. The van der Waals surface area contributed by atoms with Crippen molar-refractivity contribution in [2.24, 2.45) is 5.10 Å². The van der Waals surface area contributed by atoms with Crippen LogP contribution in [0.15, 0.2) is 52.9 Å². The first-order chi connectivity index (χ1) is 13.4. The monoisotopic (exact) mass is 381 g/mol. The van der Waals surface area contributed by atoms with Crippen LogP contribution in [0.25, 0.3) is 0 Å². The van der Waals surface area contributed by atoms with Crippen LogP contribution in [0.2, 0.25) is 0 Å². The number of hydrogen-bond donors (Lipinski definition) is 1. The average molecular weight is 381 g/mol. The number of benzene rings is 1. The fraction of sp³-hybridized carbons (Fsp3) is 0.300. The standard InChI is InChI=1S/C20H23N5O3/c1-5-12-21-20(28)25-19(27)14(18(22-25)13(2)26)10-11-17-23(3)15-8-6-7-9-16(15)24(17)4/h6-11H,5,12H2,1-4H3,(H,21,28)/b14-10+. The molecule has 1 aromatic carbocycles. The number of allylic oxidation sites excluding steroid dienone is 2. The van der Waals surface area contributed by atoms with Crippen molar-refractivity contribution in [2.45, 2.75) is 20.3 Å². The molecule has 1 aromatic rings. The van der Waals surface area contributed by atoms with Gasteiger partial charge in [0, 0.05) is 27.6 Å². The number of carbonyl (C=O) groups excluding carboxylic acids is 3. The fourth-order valence-electron chi connectivity index (χ4n) is 3.15. The summed E-state index contributed by atoms with van der Waals surface area (Å²) in [7, 11) is 3.85. The lowest BCUT2D eigenvalue weighted by Crippen LogP contribution is -2.38. The summed E-state index contributed by atoms with van der Waals surface area (Å²) in [6.07, 6.45) is 4.02. The highest BCUT2D eigenvalue weighted by atomic mass is 16.2. The molecule has 2 heterocycles. The van der Waals surface area contributed by atoms with Gasteiger partial charge in [0.1, 0.15) is 11.5 Å². The number of Topliss-reactive ketones (excluding diaryl/α,β-unsaturated/α-hetero) is 1. The van der Waals surface area contributed by atoms with Crippen LogP contribution in [0.4, 0.5) is 16.2 Å². The molecule has 3 rings (SSSR count). The molecule has 0 fully saturated rings. The van der Waals surface area contributed by atoms with Gasteiger partial charge in [0.2, 0.25) is 0 Å². The van der Waals surface area contributed by atoms with E-state index in [2.05, 4.69) is 10.4 Å². The van der Waals surface area contributed by atoms with E-state index in [1.54, 1.807) is 12.2 Å². The first kappa shape index (κ1) is 19.3. The molecular weight excluding hydrogens is 358 g/mol. The number of urea groups is 1.